The normalized spacial score (nSPS) is 34.2. The number of hydrogen-bond acceptors (Lipinski definition) is 1. The summed E-state index contributed by atoms with van der Waals surface area (Å²) in [5.41, 5.74) is 0.221. The van der Waals surface area contributed by atoms with Crippen molar-refractivity contribution in [1.82, 2.24) is 0 Å². The van der Waals surface area contributed by atoms with Crippen LogP contribution in [0.3, 0.4) is 0 Å². The summed E-state index contributed by atoms with van der Waals surface area (Å²) >= 11 is 0. The molecule has 0 aliphatic heterocycles. The van der Waals surface area contributed by atoms with Crippen LogP contribution in [-0.2, 0) is 4.79 Å². The maximum Gasteiger partial charge on any atom is 0.134 e. The predicted molar refractivity (Wildman–Crippen MR) is 46.3 cm³/mol. The average molecular weight is 152 g/mol. The molecule has 0 aromatic carbocycles. The van der Waals surface area contributed by atoms with Gasteiger partial charge in [0.2, 0.25) is 0 Å². The molecule has 0 spiro atoms. The van der Waals surface area contributed by atoms with E-state index >= 15 is 0 Å². The van der Waals surface area contributed by atoms with Crippen molar-refractivity contribution in [2.24, 2.45) is 17.3 Å². The first-order chi connectivity index (χ1) is 5.01. The lowest BCUT2D eigenvalue weighted by molar-refractivity contribution is -0.118. The summed E-state index contributed by atoms with van der Waals surface area (Å²) in [4.78, 5) is 11.1. The van der Waals surface area contributed by atoms with E-state index in [0.717, 1.165) is 0 Å². The van der Waals surface area contributed by atoms with E-state index in [4.69, 9.17) is 0 Å². The molecule has 1 nitrogen and oxygen atoms in total. The number of carbonyl (C=O) groups excluding carboxylic acids is 1. The molecular weight excluding hydrogens is 136 g/mol. The fourth-order valence-corrected chi connectivity index (χ4v) is 2.02. The molecule has 1 fully saturated rings. The van der Waals surface area contributed by atoms with Gasteiger partial charge in [-0.3, -0.25) is 4.79 Å². The van der Waals surface area contributed by atoms with E-state index < -0.39 is 0 Å². The maximum atomic E-state index is 11.1. The lowest BCUT2D eigenvalue weighted by atomic mass is 10.1. The van der Waals surface area contributed by atoms with Crippen molar-refractivity contribution in [2.75, 3.05) is 0 Å². The molecule has 1 aliphatic carbocycles. The molecule has 2 atom stereocenters. The molecule has 0 radical (unpaired) electrons. The number of ketones is 1. The van der Waals surface area contributed by atoms with Gasteiger partial charge in [-0.05, 0) is 25.2 Å². The zero-order valence-electron chi connectivity index (χ0n) is 7.72. The highest BCUT2D eigenvalue weighted by atomic mass is 16.1. The summed E-state index contributed by atoms with van der Waals surface area (Å²) in [6, 6.07) is 0. The van der Waals surface area contributed by atoms with Gasteiger partial charge in [0, 0.05) is 5.92 Å². The van der Waals surface area contributed by atoms with Gasteiger partial charge < -0.3 is 0 Å². The zero-order chi connectivity index (χ0) is 8.65. The smallest absolute Gasteiger partial charge is 0.134 e. The van der Waals surface area contributed by atoms with Gasteiger partial charge in [-0.1, -0.05) is 26.0 Å². The molecule has 1 saturated carbocycles. The molecule has 0 heterocycles. The summed E-state index contributed by atoms with van der Waals surface area (Å²) < 4.78 is 0. The topological polar surface area (TPSA) is 17.1 Å². The number of allylic oxidation sites excluding steroid dienone is 2. The fourth-order valence-electron chi connectivity index (χ4n) is 2.02. The van der Waals surface area contributed by atoms with Gasteiger partial charge in [0.1, 0.15) is 5.78 Å². The van der Waals surface area contributed by atoms with Crippen molar-refractivity contribution in [3.63, 3.8) is 0 Å². The number of Topliss-reactive ketones (excluding diaryl/α,β-unsaturated/α-hetero) is 1. The molecule has 0 amide bonds. The summed E-state index contributed by atoms with van der Waals surface area (Å²) in [7, 11) is 0. The van der Waals surface area contributed by atoms with E-state index in [1.807, 2.05) is 13.0 Å². The van der Waals surface area contributed by atoms with Crippen LogP contribution in [-0.4, -0.2) is 5.78 Å². The SMILES string of the molecule is C/C=C/C1C(C(C)=O)C1(C)C. The van der Waals surface area contributed by atoms with E-state index in [2.05, 4.69) is 19.9 Å². The first-order valence-electron chi connectivity index (χ1n) is 4.15. The maximum absolute atomic E-state index is 11.1. The quantitative estimate of drug-likeness (QED) is 0.555. The van der Waals surface area contributed by atoms with Crippen LogP contribution >= 0.6 is 0 Å². The highest BCUT2D eigenvalue weighted by Crippen LogP contribution is 2.59. The zero-order valence-corrected chi connectivity index (χ0v) is 7.72. The van der Waals surface area contributed by atoms with Gasteiger partial charge >= 0.3 is 0 Å². The lowest BCUT2D eigenvalue weighted by Gasteiger charge is -1.96. The highest BCUT2D eigenvalue weighted by Gasteiger charge is 2.58. The second-order valence-corrected chi connectivity index (χ2v) is 3.96. The van der Waals surface area contributed by atoms with Crippen molar-refractivity contribution in [2.45, 2.75) is 27.7 Å². The minimum atomic E-state index is 0.221. The molecule has 0 saturated heterocycles. The molecule has 1 heteroatoms. The van der Waals surface area contributed by atoms with Crippen molar-refractivity contribution in [3.8, 4) is 0 Å². The van der Waals surface area contributed by atoms with E-state index in [9.17, 15) is 4.79 Å². The van der Waals surface area contributed by atoms with Crippen molar-refractivity contribution >= 4 is 5.78 Å². The third kappa shape index (κ3) is 1.24. The van der Waals surface area contributed by atoms with E-state index in [0.29, 0.717) is 11.7 Å². The second kappa shape index (κ2) is 2.47. The Morgan fingerprint density at radius 2 is 2.00 bits per heavy atom. The molecule has 1 rings (SSSR count). The van der Waals surface area contributed by atoms with Crippen LogP contribution in [0.15, 0.2) is 12.2 Å². The first-order valence-corrected chi connectivity index (χ1v) is 4.15. The van der Waals surface area contributed by atoms with Crippen LogP contribution < -0.4 is 0 Å². The average Bonchev–Trinajstić information content (AvgIpc) is 2.35. The first kappa shape index (κ1) is 8.51. The van der Waals surface area contributed by atoms with Crippen LogP contribution in [0, 0.1) is 17.3 Å². The third-order valence-electron chi connectivity index (χ3n) is 2.75. The van der Waals surface area contributed by atoms with Gasteiger partial charge in [0.25, 0.3) is 0 Å². The molecule has 1 aliphatic rings. The van der Waals surface area contributed by atoms with Crippen LogP contribution in [0.25, 0.3) is 0 Å². The molecule has 0 aromatic rings. The predicted octanol–water partition coefficient (Wildman–Crippen LogP) is 2.42. The van der Waals surface area contributed by atoms with E-state index in [1.54, 1.807) is 6.92 Å². The van der Waals surface area contributed by atoms with Crippen LogP contribution in [0.4, 0.5) is 0 Å². The van der Waals surface area contributed by atoms with E-state index in [1.165, 1.54) is 0 Å². The lowest BCUT2D eigenvalue weighted by Crippen LogP contribution is -1.99. The Morgan fingerprint density at radius 1 is 1.45 bits per heavy atom. The van der Waals surface area contributed by atoms with Gasteiger partial charge in [0.05, 0.1) is 0 Å². The summed E-state index contributed by atoms with van der Waals surface area (Å²) in [6.45, 7) is 8.01. The Labute approximate surface area is 68.5 Å². The van der Waals surface area contributed by atoms with Crippen molar-refractivity contribution in [1.29, 1.82) is 0 Å². The number of hydrogen-bond donors (Lipinski definition) is 0. The minimum absolute atomic E-state index is 0.221. The molecule has 2 unspecified atom stereocenters. The Bertz CT molecular complexity index is 201. The van der Waals surface area contributed by atoms with Gasteiger partial charge in [0.15, 0.2) is 0 Å². The van der Waals surface area contributed by atoms with Gasteiger partial charge in [-0.25, -0.2) is 0 Å². The fraction of sp³-hybridized carbons (Fsp3) is 0.700. The molecule has 0 N–H and O–H groups in total. The minimum Gasteiger partial charge on any atom is -0.300 e. The highest BCUT2D eigenvalue weighted by molar-refractivity contribution is 5.83. The number of rotatable bonds is 2. The molecule has 11 heavy (non-hydrogen) atoms. The van der Waals surface area contributed by atoms with Gasteiger partial charge in [-0.2, -0.15) is 0 Å². The second-order valence-electron chi connectivity index (χ2n) is 3.96. The molecule has 62 valence electrons. The molecule has 0 aromatic heterocycles. The van der Waals surface area contributed by atoms with Crippen LogP contribution in [0.1, 0.15) is 27.7 Å². The Hall–Kier alpha value is -0.590. The Morgan fingerprint density at radius 3 is 2.27 bits per heavy atom. The summed E-state index contributed by atoms with van der Waals surface area (Å²) in [6.07, 6.45) is 4.18. The van der Waals surface area contributed by atoms with Crippen LogP contribution in [0.5, 0.6) is 0 Å². The number of carbonyl (C=O) groups is 1. The largest absolute Gasteiger partial charge is 0.300 e. The monoisotopic (exact) mass is 152 g/mol. The van der Waals surface area contributed by atoms with E-state index in [-0.39, 0.29) is 11.3 Å². The Balaban J connectivity index is 2.68. The van der Waals surface area contributed by atoms with Crippen LogP contribution in [0.2, 0.25) is 0 Å². The van der Waals surface area contributed by atoms with Crippen molar-refractivity contribution in [3.05, 3.63) is 12.2 Å². The summed E-state index contributed by atoms with van der Waals surface area (Å²) in [5, 5.41) is 0. The molecule has 0 bridgehead atoms. The Kier molecular flexibility index (Phi) is 1.91. The van der Waals surface area contributed by atoms with Gasteiger partial charge in [-0.15, -0.1) is 0 Å². The summed E-state index contributed by atoms with van der Waals surface area (Å²) in [5.74, 6) is 1.10. The standard InChI is InChI=1S/C10H16O/c1-5-6-8-9(7(2)11)10(8,3)4/h5-6,8-9H,1-4H3/b6-5+. The van der Waals surface area contributed by atoms with Crippen molar-refractivity contribution < 1.29 is 4.79 Å². The molecular formula is C10H16O. The third-order valence-corrected chi connectivity index (χ3v) is 2.75.